The summed E-state index contributed by atoms with van der Waals surface area (Å²) in [6.45, 7) is 3.62. The zero-order valence-corrected chi connectivity index (χ0v) is 18.1. The monoisotopic (exact) mass is 440 g/mol. The Kier molecular flexibility index (Phi) is 7.15. The Hall–Kier alpha value is -3.39. The van der Waals surface area contributed by atoms with E-state index in [0.29, 0.717) is 0 Å². The fourth-order valence-corrected chi connectivity index (χ4v) is 3.82. The molecule has 1 aliphatic carbocycles. The van der Waals surface area contributed by atoms with Crippen molar-refractivity contribution in [2.24, 2.45) is 5.41 Å². The van der Waals surface area contributed by atoms with Gasteiger partial charge in [-0.05, 0) is 27.7 Å². The van der Waals surface area contributed by atoms with Gasteiger partial charge in [-0.3, -0.25) is 4.79 Å². The molecule has 1 unspecified atom stereocenters. The summed E-state index contributed by atoms with van der Waals surface area (Å²) in [5.41, 5.74) is 3.96. The third-order valence-electron chi connectivity index (χ3n) is 5.47. The molecule has 0 spiro atoms. The van der Waals surface area contributed by atoms with Crippen LogP contribution in [0.3, 0.4) is 0 Å². The van der Waals surface area contributed by atoms with Crippen molar-refractivity contribution in [3.05, 3.63) is 59.7 Å². The van der Waals surface area contributed by atoms with Gasteiger partial charge in [0.2, 0.25) is 5.91 Å². The van der Waals surface area contributed by atoms with E-state index in [0.717, 1.165) is 22.3 Å². The lowest BCUT2D eigenvalue weighted by Crippen LogP contribution is -2.41. The van der Waals surface area contributed by atoms with Crippen molar-refractivity contribution >= 4 is 18.0 Å². The number of aliphatic hydroxyl groups excluding tert-OH is 1. The Morgan fingerprint density at radius 2 is 1.56 bits per heavy atom. The van der Waals surface area contributed by atoms with Crippen LogP contribution < -0.4 is 10.6 Å². The normalized spacial score (nSPS) is 13.6. The second-order valence-corrected chi connectivity index (χ2v) is 8.68. The molecule has 2 aromatic carbocycles. The Morgan fingerprint density at radius 1 is 1.00 bits per heavy atom. The highest BCUT2D eigenvalue weighted by molar-refractivity contribution is 5.79. The molecule has 0 aliphatic heterocycles. The number of ether oxygens (including phenoxy) is 1. The Balaban J connectivity index is 1.49. The first-order valence-corrected chi connectivity index (χ1v) is 10.4. The molecule has 0 radical (unpaired) electrons. The minimum absolute atomic E-state index is 0.0346. The molecule has 0 bridgehead atoms. The van der Waals surface area contributed by atoms with E-state index in [9.17, 15) is 19.5 Å². The topological polar surface area (TPSA) is 125 Å². The molecule has 8 nitrogen and oxygen atoms in total. The fourth-order valence-electron chi connectivity index (χ4n) is 3.82. The maximum absolute atomic E-state index is 12.3. The molecule has 0 aromatic heterocycles. The van der Waals surface area contributed by atoms with E-state index in [1.54, 1.807) is 13.8 Å². The molecule has 0 heterocycles. The lowest BCUT2D eigenvalue weighted by molar-refractivity contribution is -0.146. The van der Waals surface area contributed by atoms with Gasteiger partial charge in [0.1, 0.15) is 6.61 Å². The number of carbonyl (C=O) groups is 3. The molecule has 0 saturated carbocycles. The zero-order valence-electron chi connectivity index (χ0n) is 18.1. The van der Waals surface area contributed by atoms with Crippen LogP contribution in [0.25, 0.3) is 11.1 Å². The SMILES string of the molecule is CC(C)(CNC(=O)OCC1c2ccccc2-c2ccccc21)CC(=O)NCC(O)C(=O)O. The number of hydrogen-bond donors (Lipinski definition) is 4. The van der Waals surface area contributed by atoms with Crippen molar-refractivity contribution in [3.8, 4) is 11.1 Å². The first-order chi connectivity index (χ1) is 15.2. The van der Waals surface area contributed by atoms with Crippen molar-refractivity contribution in [2.75, 3.05) is 19.7 Å². The third kappa shape index (κ3) is 5.64. The van der Waals surface area contributed by atoms with Gasteiger partial charge in [-0.1, -0.05) is 62.4 Å². The van der Waals surface area contributed by atoms with Crippen LogP contribution >= 0.6 is 0 Å². The summed E-state index contributed by atoms with van der Waals surface area (Å²) in [5, 5.41) is 23.0. The fraction of sp³-hybridized carbons (Fsp3) is 0.375. The maximum Gasteiger partial charge on any atom is 0.407 e. The number of amides is 2. The molecule has 170 valence electrons. The maximum atomic E-state index is 12.3. The molecule has 1 atom stereocenters. The van der Waals surface area contributed by atoms with Crippen molar-refractivity contribution < 1.29 is 29.3 Å². The molecule has 0 saturated heterocycles. The largest absolute Gasteiger partial charge is 0.479 e. The highest BCUT2D eigenvalue weighted by Gasteiger charge is 2.29. The van der Waals surface area contributed by atoms with Gasteiger partial charge in [0.05, 0.1) is 6.54 Å². The van der Waals surface area contributed by atoms with Gasteiger partial charge in [0.15, 0.2) is 6.10 Å². The molecule has 8 heteroatoms. The van der Waals surface area contributed by atoms with E-state index >= 15 is 0 Å². The van der Waals surface area contributed by atoms with Crippen LogP contribution in [0, 0.1) is 5.41 Å². The molecular weight excluding hydrogens is 412 g/mol. The highest BCUT2D eigenvalue weighted by Crippen LogP contribution is 2.44. The number of carboxylic acids is 1. The molecule has 4 N–H and O–H groups in total. The molecule has 2 aromatic rings. The van der Waals surface area contributed by atoms with E-state index in [1.807, 2.05) is 36.4 Å². The number of benzene rings is 2. The van der Waals surface area contributed by atoms with Gasteiger partial charge < -0.3 is 25.6 Å². The predicted molar refractivity (Wildman–Crippen MR) is 118 cm³/mol. The number of carbonyl (C=O) groups excluding carboxylic acids is 2. The molecule has 0 fully saturated rings. The second-order valence-electron chi connectivity index (χ2n) is 8.68. The van der Waals surface area contributed by atoms with Crippen molar-refractivity contribution in [2.45, 2.75) is 32.3 Å². The number of alkyl carbamates (subject to hydrolysis) is 1. The Labute approximate surface area is 186 Å². The summed E-state index contributed by atoms with van der Waals surface area (Å²) in [4.78, 5) is 34.9. The van der Waals surface area contributed by atoms with Gasteiger partial charge in [0.25, 0.3) is 0 Å². The summed E-state index contributed by atoms with van der Waals surface area (Å²) in [5.74, 6) is -1.85. The van der Waals surface area contributed by atoms with Crippen LogP contribution in [-0.4, -0.2) is 54.0 Å². The summed E-state index contributed by atoms with van der Waals surface area (Å²) < 4.78 is 5.50. The summed E-state index contributed by atoms with van der Waals surface area (Å²) >= 11 is 0. The number of rotatable bonds is 9. The number of nitrogens with one attached hydrogen (secondary N) is 2. The smallest absolute Gasteiger partial charge is 0.407 e. The van der Waals surface area contributed by atoms with Crippen LogP contribution in [0.2, 0.25) is 0 Å². The second kappa shape index (κ2) is 9.82. The van der Waals surface area contributed by atoms with Crippen LogP contribution in [0.5, 0.6) is 0 Å². The predicted octanol–water partition coefficient (Wildman–Crippen LogP) is 2.50. The van der Waals surface area contributed by atoms with Crippen LogP contribution in [0.4, 0.5) is 4.79 Å². The Morgan fingerprint density at radius 3 is 2.12 bits per heavy atom. The number of aliphatic hydroxyl groups is 1. The summed E-state index contributed by atoms with van der Waals surface area (Å²) in [7, 11) is 0. The minimum atomic E-state index is -1.65. The summed E-state index contributed by atoms with van der Waals surface area (Å²) in [6.07, 6.45) is -2.18. The van der Waals surface area contributed by atoms with Crippen molar-refractivity contribution in [1.82, 2.24) is 10.6 Å². The van der Waals surface area contributed by atoms with Crippen molar-refractivity contribution in [3.63, 3.8) is 0 Å². The number of hydrogen-bond acceptors (Lipinski definition) is 5. The van der Waals surface area contributed by atoms with E-state index in [4.69, 9.17) is 9.84 Å². The van der Waals surface area contributed by atoms with Gasteiger partial charge in [-0.15, -0.1) is 0 Å². The van der Waals surface area contributed by atoms with Gasteiger partial charge in [-0.25, -0.2) is 9.59 Å². The number of aliphatic carboxylic acids is 1. The molecule has 2 amide bonds. The van der Waals surface area contributed by atoms with E-state index < -0.39 is 29.5 Å². The molecule has 3 rings (SSSR count). The first kappa shape index (κ1) is 23.3. The van der Waals surface area contributed by atoms with E-state index in [-0.39, 0.29) is 32.0 Å². The molecule has 32 heavy (non-hydrogen) atoms. The highest BCUT2D eigenvalue weighted by atomic mass is 16.5. The van der Waals surface area contributed by atoms with Crippen LogP contribution in [0.15, 0.2) is 48.5 Å². The van der Waals surface area contributed by atoms with Gasteiger partial charge in [0, 0.05) is 18.9 Å². The summed E-state index contributed by atoms with van der Waals surface area (Å²) in [6, 6.07) is 16.2. The van der Waals surface area contributed by atoms with Crippen LogP contribution in [-0.2, 0) is 14.3 Å². The lowest BCUT2D eigenvalue weighted by Gasteiger charge is -2.24. The lowest BCUT2D eigenvalue weighted by atomic mass is 9.89. The van der Waals surface area contributed by atoms with Gasteiger partial charge in [-0.2, -0.15) is 0 Å². The third-order valence-corrected chi connectivity index (χ3v) is 5.47. The minimum Gasteiger partial charge on any atom is -0.479 e. The quantitative estimate of drug-likeness (QED) is 0.475. The van der Waals surface area contributed by atoms with Crippen molar-refractivity contribution in [1.29, 1.82) is 0 Å². The standard InChI is InChI=1S/C24H28N2O6/c1-24(2,11-21(28)25-12-20(27)22(29)30)14-26-23(31)32-13-19-17-9-5-3-7-15(17)16-8-4-6-10-18(16)19/h3-10,19-20,27H,11-14H2,1-2H3,(H,25,28)(H,26,31)(H,29,30). The zero-order chi connectivity index (χ0) is 23.3. The molecular formula is C24H28N2O6. The molecule has 1 aliphatic rings. The average Bonchev–Trinajstić information content (AvgIpc) is 3.08. The number of carboxylic acid groups (broad SMARTS) is 1. The average molecular weight is 440 g/mol. The first-order valence-electron chi connectivity index (χ1n) is 10.4. The van der Waals surface area contributed by atoms with E-state index in [1.165, 1.54) is 0 Å². The Bertz CT molecular complexity index is 958. The van der Waals surface area contributed by atoms with Crippen LogP contribution in [0.1, 0.15) is 37.3 Å². The number of fused-ring (bicyclic) bond motifs is 3. The van der Waals surface area contributed by atoms with E-state index in [2.05, 4.69) is 22.8 Å². The van der Waals surface area contributed by atoms with Gasteiger partial charge >= 0.3 is 12.1 Å².